The van der Waals surface area contributed by atoms with Crippen LogP contribution < -0.4 is 4.74 Å². The van der Waals surface area contributed by atoms with Crippen LogP contribution in [0.15, 0.2) is 54.6 Å². The highest BCUT2D eigenvalue weighted by molar-refractivity contribution is 5.94. The molecule has 3 aromatic rings. The number of fused-ring (bicyclic) bond motifs is 1. The fourth-order valence-electron chi connectivity index (χ4n) is 3.08. The molecule has 4 rings (SSSR count). The lowest BCUT2D eigenvalue weighted by Gasteiger charge is -2.27. The number of nitrogens with zero attached hydrogens (tertiary/aromatic N) is 3. The number of rotatable bonds is 4. The van der Waals surface area contributed by atoms with Gasteiger partial charge in [0.15, 0.2) is 0 Å². The maximum Gasteiger partial charge on any atom is 0.260 e. The van der Waals surface area contributed by atoms with Gasteiger partial charge in [0.05, 0.1) is 18.8 Å². The molecule has 0 saturated carbocycles. The van der Waals surface area contributed by atoms with Crippen molar-refractivity contribution in [1.82, 2.24) is 14.7 Å². The van der Waals surface area contributed by atoms with E-state index in [0.29, 0.717) is 25.6 Å². The van der Waals surface area contributed by atoms with Crippen LogP contribution in [0.2, 0.25) is 0 Å². The minimum absolute atomic E-state index is 0.217. The van der Waals surface area contributed by atoms with Crippen molar-refractivity contribution in [2.45, 2.75) is 19.7 Å². The van der Waals surface area contributed by atoms with Crippen LogP contribution in [0.5, 0.6) is 5.88 Å². The van der Waals surface area contributed by atoms with Gasteiger partial charge in [-0.05, 0) is 17.7 Å². The summed E-state index contributed by atoms with van der Waals surface area (Å²) in [5.41, 5.74) is 1.26. The highest BCUT2D eigenvalue weighted by Crippen LogP contribution is 2.22. The summed E-state index contributed by atoms with van der Waals surface area (Å²) in [4.78, 5) is 14.0. The minimum Gasteiger partial charge on any atom is -0.472 e. The van der Waals surface area contributed by atoms with Crippen LogP contribution in [-0.2, 0) is 19.7 Å². The molecule has 1 aromatic heterocycles. The lowest BCUT2D eigenvalue weighted by molar-refractivity contribution is 0.0696. The van der Waals surface area contributed by atoms with Gasteiger partial charge in [0.25, 0.3) is 5.91 Å². The lowest BCUT2D eigenvalue weighted by atomic mass is 10.1. The normalized spacial score (nSPS) is 13.3. The molecule has 0 saturated heterocycles. The maximum atomic E-state index is 13.9. The van der Waals surface area contributed by atoms with Crippen LogP contribution in [0, 0.1) is 11.6 Å². The topological polar surface area (TPSA) is 47.4 Å². The lowest BCUT2D eigenvalue weighted by Crippen LogP contribution is -2.39. The number of amides is 1. The predicted octanol–water partition coefficient (Wildman–Crippen LogP) is 3.40. The third-order valence-corrected chi connectivity index (χ3v) is 4.47. The van der Waals surface area contributed by atoms with Gasteiger partial charge in [-0.25, -0.2) is 8.78 Å². The van der Waals surface area contributed by atoms with Crippen molar-refractivity contribution in [2.24, 2.45) is 0 Å². The standard InChI is InChI=1S/C20H17F2N3O2/c21-16-7-4-8-17(22)19(16)20(26)24-9-10-25-15(12-24)11-18(23-25)27-13-14-5-2-1-3-6-14/h1-8,11H,9-10,12-13H2. The summed E-state index contributed by atoms with van der Waals surface area (Å²) in [6, 6.07) is 14.9. The molecule has 0 fully saturated rings. The van der Waals surface area contributed by atoms with Gasteiger partial charge in [-0.2, -0.15) is 0 Å². The summed E-state index contributed by atoms with van der Waals surface area (Å²) in [6.45, 7) is 1.36. The second-order valence-electron chi connectivity index (χ2n) is 6.29. The molecular formula is C20H17F2N3O2. The first-order valence-corrected chi connectivity index (χ1v) is 8.58. The Bertz CT molecular complexity index is 952. The zero-order valence-electron chi connectivity index (χ0n) is 14.4. The van der Waals surface area contributed by atoms with E-state index in [1.807, 2.05) is 30.3 Å². The molecule has 1 amide bonds. The van der Waals surface area contributed by atoms with E-state index in [4.69, 9.17) is 4.74 Å². The minimum atomic E-state index is -0.856. The monoisotopic (exact) mass is 369 g/mol. The zero-order valence-corrected chi connectivity index (χ0v) is 14.4. The van der Waals surface area contributed by atoms with Crippen molar-refractivity contribution in [1.29, 1.82) is 0 Å². The number of ether oxygens (including phenoxy) is 1. The van der Waals surface area contributed by atoms with Gasteiger partial charge in [-0.15, -0.1) is 5.10 Å². The van der Waals surface area contributed by atoms with Gasteiger partial charge in [-0.3, -0.25) is 9.48 Å². The van der Waals surface area contributed by atoms with Gasteiger partial charge in [-0.1, -0.05) is 36.4 Å². The number of hydrogen-bond donors (Lipinski definition) is 0. The van der Waals surface area contributed by atoms with E-state index in [2.05, 4.69) is 5.10 Å². The van der Waals surface area contributed by atoms with Crippen molar-refractivity contribution >= 4 is 5.91 Å². The van der Waals surface area contributed by atoms with Crippen molar-refractivity contribution < 1.29 is 18.3 Å². The number of aromatic nitrogens is 2. The van der Waals surface area contributed by atoms with Crippen LogP contribution >= 0.6 is 0 Å². The maximum absolute atomic E-state index is 13.9. The Balaban J connectivity index is 1.47. The first-order chi connectivity index (χ1) is 13.1. The van der Waals surface area contributed by atoms with Crippen molar-refractivity contribution in [3.8, 4) is 5.88 Å². The number of halogens is 2. The van der Waals surface area contributed by atoms with E-state index < -0.39 is 23.1 Å². The van der Waals surface area contributed by atoms with Crippen LogP contribution in [0.3, 0.4) is 0 Å². The third kappa shape index (κ3) is 3.53. The van der Waals surface area contributed by atoms with E-state index in [9.17, 15) is 13.6 Å². The molecule has 0 bridgehead atoms. The quantitative estimate of drug-likeness (QED) is 0.708. The van der Waals surface area contributed by atoms with Crippen LogP contribution in [0.25, 0.3) is 0 Å². The third-order valence-electron chi connectivity index (χ3n) is 4.47. The zero-order chi connectivity index (χ0) is 18.8. The van der Waals surface area contributed by atoms with Gasteiger partial charge in [0.2, 0.25) is 5.88 Å². The van der Waals surface area contributed by atoms with Crippen molar-refractivity contribution in [2.75, 3.05) is 6.54 Å². The molecule has 5 nitrogen and oxygen atoms in total. The second-order valence-corrected chi connectivity index (χ2v) is 6.29. The largest absolute Gasteiger partial charge is 0.472 e. The summed E-state index contributed by atoms with van der Waals surface area (Å²) in [5, 5.41) is 4.38. The summed E-state index contributed by atoms with van der Waals surface area (Å²) >= 11 is 0. The number of hydrogen-bond acceptors (Lipinski definition) is 3. The average Bonchev–Trinajstić information content (AvgIpc) is 3.09. The molecule has 27 heavy (non-hydrogen) atoms. The summed E-state index contributed by atoms with van der Waals surface area (Å²) in [5.74, 6) is -1.91. The van der Waals surface area contributed by atoms with Crippen LogP contribution in [0.1, 0.15) is 21.6 Å². The molecule has 0 atom stereocenters. The molecule has 7 heteroatoms. The highest BCUT2D eigenvalue weighted by Gasteiger charge is 2.27. The Hall–Kier alpha value is -3.22. The first-order valence-electron chi connectivity index (χ1n) is 8.58. The molecule has 1 aliphatic heterocycles. The van der Waals surface area contributed by atoms with Gasteiger partial charge in [0, 0.05) is 12.6 Å². The molecule has 0 radical (unpaired) electrons. The van der Waals surface area contributed by atoms with E-state index in [1.165, 1.54) is 11.0 Å². The number of carbonyl (C=O) groups excluding carboxylic acids is 1. The number of benzene rings is 2. The molecular weight excluding hydrogens is 352 g/mol. The highest BCUT2D eigenvalue weighted by atomic mass is 19.1. The average molecular weight is 369 g/mol. The molecule has 0 aliphatic carbocycles. The molecule has 1 aliphatic rings. The number of carbonyl (C=O) groups is 1. The molecule has 2 heterocycles. The Morgan fingerprint density at radius 1 is 1.04 bits per heavy atom. The molecule has 0 N–H and O–H groups in total. The van der Waals surface area contributed by atoms with E-state index in [-0.39, 0.29) is 6.54 Å². The van der Waals surface area contributed by atoms with Crippen molar-refractivity contribution in [3.05, 3.63) is 83.1 Å². The summed E-state index contributed by atoms with van der Waals surface area (Å²) in [7, 11) is 0. The Labute approximate surface area is 154 Å². The Morgan fingerprint density at radius 3 is 2.52 bits per heavy atom. The second kappa shape index (κ2) is 7.19. The molecule has 0 spiro atoms. The summed E-state index contributed by atoms with van der Waals surface area (Å²) in [6.07, 6.45) is 0. The fourth-order valence-corrected chi connectivity index (χ4v) is 3.08. The van der Waals surface area contributed by atoms with Gasteiger partial charge in [0.1, 0.15) is 23.8 Å². The van der Waals surface area contributed by atoms with Crippen LogP contribution in [-0.4, -0.2) is 27.1 Å². The van der Waals surface area contributed by atoms with E-state index >= 15 is 0 Å². The summed E-state index contributed by atoms with van der Waals surface area (Å²) < 4.78 is 35.2. The van der Waals surface area contributed by atoms with E-state index in [1.54, 1.807) is 10.7 Å². The molecule has 0 unspecified atom stereocenters. The van der Waals surface area contributed by atoms with Crippen molar-refractivity contribution in [3.63, 3.8) is 0 Å². The van der Waals surface area contributed by atoms with Gasteiger partial charge >= 0.3 is 0 Å². The Kier molecular flexibility index (Phi) is 4.58. The Morgan fingerprint density at radius 2 is 1.78 bits per heavy atom. The first kappa shape index (κ1) is 17.2. The molecule has 2 aromatic carbocycles. The van der Waals surface area contributed by atoms with Gasteiger partial charge < -0.3 is 9.64 Å². The SMILES string of the molecule is O=C(c1c(F)cccc1F)N1CCn2nc(OCc3ccccc3)cc2C1. The predicted molar refractivity (Wildman–Crippen MR) is 94.1 cm³/mol. The fraction of sp³-hybridized carbons (Fsp3) is 0.200. The molecule has 138 valence electrons. The van der Waals surface area contributed by atoms with E-state index in [0.717, 1.165) is 23.4 Å². The smallest absolute Gasteiger partial charge is 0.260 e. The van der Waals surface area contributed by atoms with Crippen LogP contribution in [0.4, 0.5) is 8.78 Å².